The van der Waals surface area contributed by atoms with Crippen molar-refractivity contribution in [2.75, 3.05) is 0 Å². The van der Waals surface area contributed by atoms with Crippen LogP contribution in [0.4, 0.5) is 0 Å². The summed E-state index contributed by atoms with van der Waals surface area (Å²) in [5, 5.41) is 1.02. The van der Waals surface area contributed by atoms with Crippen LogP contribution in [0, 0.1) is 6.92 Å². The Morgan fingerprint density at radius 1 is 0.708 bits per heavy atom. The smallest absolute Gasteiger partial charge is 0.146 e. The number of fused-ring (bicyclic) bond motifs is 1. The van der Waals surface area contributed by atoms with Gasteiger partial charge in [0.15, 0.2) is 0 Å². The number of benzene rings is 3. The highest BCUT2D eigenvalue weighted by atomic mass is 16.5. The first-order valence-electron chi connectivity index (χ1n) is 8.00. The molecule has 2 heteroatoms. The lowest BCUT2D eigenvalue weighted by Gasteiger charge is -2.16. The highest BCUT2D eigenvalue weighted by molar-refractivity contribution is 5.93. The SMILES string of the molecule is Cc1nc2ccccc2c(Oc2ccccc2)c1-c1ccccc1. The predicted octanol–water partition coefficient (Wildman–Crippen LogP) is 6.00. The summed E-state index contributed by atoms with van der Waals surface area (Å²) in [6, 6.07) is 28.3. The van der Waals surface area contributed by atoms with Crippen LogP contribution in [-0.4, -0.2) is 4.98 Å². The van der Waals surface area contributed by atoms with E-state index in [1.165, 1.54) is 0 Å². The van der Waals surface area contributed by atoms with Crippen LogP contribution in [0.1, 0.15) is 5.69 Å². The van der Waals surface area contributed by atoms with Gasteiger partial charge in [-0.25, -0.2) is 0 Å². The number of aryl methyl sites for hydroxylation is 1. The van der Waals surface area contributed by atoms with Crippen molar-refractivity contribution in [3.8, 4) is 22.6 Å². The van der Waals surface area contributed by atoms with Crippen LogP contribution >= 0.6 is 0 Å². The second-order valence-corrected chi connectivity index (χ2v) is 5.70. The molecule has 0 aliphatic heterocycles. The molecule has 0 aliphatic rings. The summed E-state index contributed by atoms with van der Waals surface area (Å²) in [5.74, 6) is 1.68. The van der Waals surface area contributed by atoms with Crippen molar-refractivity contribution in [1.29, 1.82) is 0 Å². The standard InChI is InChI=1S/C22H17NO/c1-16-21(17-10-4-2-5-11-17)22(24-18-12-6-3-7-13-18)19-14-8-9-15-20(19)23-16/h2-15H,1H3. The van der Waals surface area contributed by atoms with Crippen molar-refractivity contribution in [1.82, 2.24) is 4.98 Å². The van der Waals surface area contributed by atoms with E-state index >= 15 is 0 Å². The molecule has 0 spiro atoms. The number of nitrogens with zero attached hydrogens (tertiary/aromatic N) is 1. The van der Waals surface area contributed by atoms with Crippen LogP contribution in [0.2, 0.25) is 0 Å². The molecule has 24 heavy (non-hydrogen) atoms. The summed E-state index contributed by atoms with van der Waals surface area (Å²) in [6.07, 6.45) is 0. The average molecular weight is 311 g/mol. The topological polar surface area (TPSA) is 22.1 Å². The molecular formula is C22H17NO. The Bertz CT molecular complexity index is 979. The zero-order valence-electron chi connectivity index (χ0n) is 13.4. The third-order valence-electron chi connectivity index (χ3n) is 4.05. The lowest BCUT2D eigenvalue weighted by atomic mass is 10.0. The lowest BCUT2D eigenvalue weighted by Crippen LogP contribution is -1.96. The monoisotopic (exact) mass is 311 g/mol. The van der Waals surface area contributed by atoms with Crippen molar-refractivity contribution >= 4 is 10.9 Å². The Balaban J connectivity index is 2.00. The van der Waals surface area contributed by atoms with Gasteiger partial charge in [-0.2, -0.15) is 0 Å². The van der Waals surface area contributed by atoms with Gasteiger partial charge in [0.2, 0.25) is 0 Å². The van der Waals surface area contributed by atoms with Gasteiger partial charge >= 0.3 is 0 Å². The van der Waals surface area contributed by atoms with Gasteiger partial charge in [-0.3, -0.25) is 4.98 Å². The zero-order valence-corrected chi connectivity index (χ0v) is 13.4. The predicted molar refractivity (Wildman–Crippen MR) is 98.4 cm³/mol. The highest BCUT2D eigenvalue weighted by Gasteiger charge is 2.16. The molecular weight excluding hydrogens is 294 g/mol. The fourth-order valence-corrected chi connectivity index (χ4v) is 2.96. The summed E-state index contributed by atoms with van der Waals surface area (Å²) in [6.45, 7) is 2.03. The Morgan fingerprint density at radius 2 is 1.33 bits per heavy atom. The van der Waals surface area contributed by atoms with Crippen LogP contribution in [-0.2, 0) is 0 Å². The fraction of sp³-hybridized carbons (Fsp3) is 0.0455. The largest absolute Gasteiger partial charge is 0.456 e. The molecule has 4 aromatic rings. The van der Waals surface area contributed by atoms with Gasteiger partial charge in [-0.15, -0.1) is 0 Å². The van der Waals surface area contributed by atoms with E-state index in [-0.39, 0.29) is 0 Å². The number of pyridine rings is 1. The van der Waals surface area contributed by atoms with Crippen molar-refractivity contribution in [3.05, 3.63) is 90.6 Å². The van der Waals surface area contributed by atoms with Gasteiger partial charge < -0.3 is 4.74 Å². The summed E-state index contributed by atoms with van der Waals surface area (Å²) in [4.78, 5) is 4.77. The summed E-state index contributed by atoms with van der Waals surface area (Å²) < 4.78 is 6.32. The molecule has 0 atom stereocenters. The van der Waals surface area contributed by atoms with Gasteiger partial charge in [0, 0.05) is 16.6 Å². The van der Waals surface area contributed by atoms with Crippen molar-refractivity contribution in [2.45, 2.75) is 6.92 Å². The maximum Gasteiger partial charge on any atom is 0.146 e. The molecule has 4 rings (SSSR count). The molecule has 3 aromatic carbocycles. The summed E-state index contributed by atoms with van der Waals surface area (Å²) >= 11 is 0. The van der Waals surface area contributed by atoms with Crippen LogP contribution in [0.15, 0.2) is 84.9 Å². The van der Waals surface area contributed by atoms with Crippen LogP contribution in [0.5, 0.6) is 11.5 Å². The Morgan fingerprint density at radius 3 is 2.08 bits per heavy atom. The maximum absolute atomic E-state index is 6.32. The van der Waals surface area contributed by atoms with E-state index in [0.717, 1.165) is 39.2 Å². The molecule has 2 nitrogen and oxygen atoms in total. The van der Waals surface area contributed by atoms with E-state index < -0.39 is 0 Å². The third kappa shape index (κ3) is 2.63. The molecule has 0 unspecified atom stereocenters. The van der Waals surface area contributed by atoms with Crippen molar-refractivity contribution in [2.24, 2.45) is 0 Å². The minimum Gasteiger partial charge on any atom is -0.456 e. The molecule has 0 fully saturated rings. The molecule has 0 aliphatic carbocycles. The molecule has 0 N–H and O–H groups in total. The van der Waals surface area contributed by atoms with E-state index in [0.29, 0.717) is 0 Å². The van der Waals surface area contributed by atoms with Crippen molar-refractivity contribution in [3.63, 3.8) is 0 Å². The second-order valence-electron chi connectivity index (χ2n) is 5.70. The Labute approximate surface area is 141 Å². The third-order valence-corrected chi connectivity index (χ3v) is 4.05. The first-order chi connectivity index (χ1) is 11.8. The van der Waals surface area contributed by atoms with E-state index in [4.69, 9.17) is 9.72 Å². The number of para-hydroxylation sites is 2. The molecule has 0 bridgehead atoms. The van der Waals surface area contributed by atoms with Crippen LogP contribution in [0.3, 0.4) is 0 Å². The number of rotatable bonds is 3. The number of ether oxygens (including phenoxy) is 1. The minimum absolute atomic E-state index is 0.824. The van der Waals surface area contributed by atoms with Gasteiger partial charge in [0.1, 0.15) is 11.5 Å². The quantitative estimate of drug-likeness (QED) is 0.463. The van der Waals surface area contributed by atoms with Gasteiger partial charge in [0.05, 0.1) is 5.52 Å². The minimum atomic E-state index is 0.824. The van der Waals surface area contributed by atoms with E-state index in [2.05, 4.69) is 18.2 Å². The number of aromatic nitrogens is 1. The molecule has 0 saturated heterocycles. The van der Waals surface area contributed by atoms with Crippen LogP contribution in [0.25, 0.3) is 22.0 Å². The number of hydrogen-bond acceptors (Lipinski definition) is 2. The number of hydrogen-bond donors (Lipinski definition) is 0. The maximum atomic E-state index is 6.32. The Kier molecular flexibility index (Phi) is 3.72. The molecule has 0 radical (unpaired) electrons. The lowest BCUT2D eigenvalue weighted by molar-refractivity contribution is 0.489. The fourth-order valence-electron chi connectivity index (χ4n) is 2.96. The van der Waals surface area contributed by atoms with E-state index in [1.54, 1.807) is 0 Å². The molecule has 1 heterocycles. The molecule has 0 amide bonds. The van der Waals surface area contributed by atoms with Gasteiger partial charge in [-0.1, -0.05) is 60.7 Å². The highest BCUT2D eigenvalue weighted by Crippen LogP contribution is 2.40. The van der Waals surface area contributed by atoms with Gasteiger partial charge in [0.25, 0.3) is 0 Å². The van der Waals surface area contributed by atoms with Gasteiger partial charge in [-0.05, 0) is 36.8 Å². The molecule has 1 aromatic heterocycles. The second kappa shape index (κ2) is 6.17. The van der Waals surface area contributed by atoms with E-state index in [9.17, 15) is 0 Å². The van der Waals surface area contributed by atoms with Crippen molar-refractivity contribution < 1.29 is 4.74 Å². The Hall–Kier alpha value is -3.13. The normalized spacial score (nSPS) is 10.7. The zero-order chi connectivity index (χ0) is 16.4. The molecule has 116 valence electrons. The van der Waals surface area contributed by atoms with E-state index in [1.807, 2.05) is 73.7 Å². The molecule has 0 saturated carbocycles. The first-order valence-corrected chi connectivity index (χ1v) is 8.00. The summed E-state index contributed by atoms with van der Waals surface area (Å²) in [7, 11) is 0. The summed E-state index contributed by atoms with van der Waals surface area (Å²) in [5.41, 5.74) is 4.06. The first kappa shape index (κ1) is 14.5. The average Bonchev–Trinajstić information content (AvgIpc) is 2.63. The van der Waals surface area contributed by atoms with Crippen LogP contribution < -0.4 is 4.74 Å².